The van der Waals surface area contributed by atoms with Crippen molar-refractivity contribution in [3.63, 3.8) is 0 Å². The average Bonchev–Trinajstić information content (AvgIpc) is 2.12. The smallest absolute Gasteiger partial charge is 0.147 e. The van der Waals surface area contributed by atoms with Gasteiger partial charge in [0.15, 0.2) is 0 Å². The molecule has 1 fully saturated rings. The van der Waals surface area contributed by atoms with Gasteiger partial charge in [-0.05, 0) is 43.1 Å². The van der Waals surface area contributed by atoms with Gasteiger partial charge in [-0.25, -0.2) is 8.42 Å². The molecule has 1 rings (SSSR count). The second-order valence-corrected chi connectivity index (χ2v) is 9.28. The van der Waals surface area contributed by atoms with Crippen molar-refractivity contribution in [2.45, 2.75) is 53.0 Å². The molecule has 0 aliphatic heterocycles. The molecule has 3 nitrogen and oxygen atoms in total. The Kier molecular flexibility index (Phi) is 5.24. The minimum absolute atomic E-state index is 0.196. The predicted molar refractivity (Wildman–Crippen MR) is 77.5 cm³/mol. The lowest BCUT2D eigenvalue weighted by Gasteiger charge is -2.40. The first kappa shape index (κ1) is 16.0. The molecule has 0 aromatic heterocycles. The van der Waals surface area contributed by atoms with Crippen LogP contribution < -0.4 is 5.32 Å². The van der Waals surface area contributed by atoms with Crippen molar-refractivity contribution in [3.8, 4) is 0 Å². The summed E-state index contributed by atoms with van der Waals surface area (Å²) in [7, 11) is -2.85. The van der Waals surface area contributed by atoms with Crippen LogP contribution in [0.3, 0.4) is 0 Å². The molecule has 0 amide bonds. The average molecular weight is 275 g/mol. The van der Waals surface area contributed by atoms with E-state index < -0.39 is 9.84 Å². The van der Waals surface area contributed by atoms with Crippen LogP contribution in [0, 0.1) is 17.3 Å². The van der Waals surface area contributed by atoms with Crippen LogP contribution in [0.1, 0.15) is 47.0 Å². The summed E-state index contributed by atoms with van der Waals surface area (Å²) >= 11 is 0. The summed E-state index contributed by atoms with van der Waals surface area (Å²) in [5.74, 6) is 1.16. The summed E-state index contributed by atoms with van der Waals surface area (Å²) in [5, 5.41) is 3.57. The molecular weight excluding hydrogens is 246 g/mol. The van der Waals surface area contributed by atoms with E-state index in [4.69, 9.17) is 0 Å². The fraction of sp³-hybridized carbons (Fsp3) is 1.00. The Balaban J connectivity index is 2.36. The van der Waals surface area contributed by atoms with Gasteiger partial charge in [0.2, 0.25) is 0 Å². The minimum atomic E-state index is -2.85. The van der Waals surface area contributed by atoms with Crippen LogP contribution in [0.2, 0.25) is 0 Å². The first-order chi connectivity index (χ1) is 8.09. The third kappa shape index (κ3) is 5.70. The maximum absolute atomic E-state index is 11.2. The highest BCUT2D eigenvalue weighted by atomic mass is 32.2. The molecule has 1 aliphatic rings. The molecule has 0 aromatic rings. The zero-order valence-corrected chi connectivity index (χ0v) is 13.3. The van der Waals surface area contributed by atoms with Crippen LogP contribution in [0.15, 0.2) is 0 Å². The van der Waals surface area contributed by atoms with Gasteiger partial charge in [0.05, 0.1) is 5.75 Å². The third-order valence-corrected chi connectivity index (χ3v) is 5.18. The van der Waals surface area contributed by atoms with Gasteiger partial charge in [-0.1, -0.05) is 27.7 Å². The largest absolute Gasteiger partial charge is 0.313 e. The van der Waals surface area contributed by atoms with E-state index >= 15 is 0 Å². The molecule has 3 atom stereocenters. The Morgan fingerprint density at radius 2 is 2.00 bits per heavy atom. The van der Waals surface area contributed by atoms with Gasteiger partial charge >= 0.3 is 0 Å². The zero-order chi connectivity index (χ0) is 14.0. The molecule has 1 saturated carbocycles. The predicted octanol–water partition coefficient (Wildman–Crippen LogP) is 2.47. The van der Waals surface area contributed by atoms with Crippen molar-refractivity contribution >= 4 is 9.84 Å². The highest BCUT2D eigenvalue weighted by Crippen LogP contribution is 2.38. The summed E-state index contributed by atoms with van der Waals surface area (Å²) in [5.41, 5.74) is 0.468. The molecule has 0 unspecified atom stereocenters. The van der Waals surface area contributed by atoms with Crippen LogP contribution in [0.25, 0.3) is 0 Å². The van der Waals surface area contributed by atoms with Gasteiger partial charge in [0.1, 0.15) is 9.84 Å². The maximum atomic E-state index is 11.2. The highest BCUT2D eigenvalue weighted by molar-refractivity contribution is 7.90. The van der Waals surface area contributed by atoms with Crippen LogP contribution in [-0.2, 0) is 9.84 Å². The zero-order valence-electron chi connectivity index (χ0n) is 12.5. The quantitative estimate of drug-likeness (QED) is 0.838. The van der Waals surface area contributed by atoms with Crippen molar-refractivity contribution in [1.82, 2.24) is 5.32 Å². The molecule has 108 valence electrons. The number of hydrogen-bond donors (Lipinski definition) is 1. The van der Waals surface area contributed by atoms with Crippen LogP contribution in [-0.4, -0.2) is 33.0 Å². The standard InChI is InChI=1S/C14H29NO2S/c1-11(10-18(5,16)17)9-15-13-6-7-14(3,4)8-12(13)2/h11-13,15H,6-10H2,1-5H3/t11-,12+,13-/m1/s1. The number of hydrogen-bond acceptors (Lipinski definition) is 3. The van der Waals surface area contributed by atoms with Gasteiger partial charge in [0, 0.05) is 12.3 Å². The Morgan fingerprint density at radius 1 is 1.39 bits per heavy atom. The molecule has 18 heavy (non-hydrogen) atoms. The van der Waals surface area contributed by atoms with Crippen molar-refractivity contribution in [1.29, 1.82) is 0 Å². The van der Waals surface area contributed by atoms with E-state index in [0.717, 1.165) is 6.54 Å². The Labute approximate surface area is 113 Å². The van der Waals surface area contributed by atoms with E-state index in [-0.39, 0.29) is 11.7 Å². The normalized spacial score (nSPS) is 30.1. The van der Waals surface area contributed by atoms with E-state index in [2.05, 4.69) is 26.1 Å². The first-order valence-corrected chi connectivity index (χ1v) is 9.06. The van der Waals surface area contributed by atoms with Crippen LogP contribution in [0.5, 0.6) is 0 Å². The second kappa shape index (κ2) is 5.91. The lowest BCUT2D eigenvalue weighted by Crippen LogP contribution is -2.43. The van der Waals surface area contributed by atoms with Crippen molar-refractivity contribution in [2.24, 2.45) is 17.3 Å². The SMILES string of the molecule is C[C@H](CN[C@@H]1CCC(C)(C)C[C@@H]1C)CS(C)(=O)=O. The number of nitrogens with one attached hydrogen (secondary N) is 1. The summed E-state index contributed by atoms with van der Waals surface area (Å²) < 4.78 is 22.4. The topological polar surface area (TPSA) is 46.2 Å². The molecule has 0 aromatic carbocycles. The molecule has 1 aliphatic carbocycles. The minimum Gasteiger partial charge on any atom is -0.313 e. The Hall–Kier alpha value is -0.0900. The number of rotatable bonds is 5. The second-order valence-electron chi connectivity index (χ2n) is 7.10. The van der Waals surface area contributed by atoms with E-state index in [1.807, 2.05) is 6.92 Å². The third-order valence-electron chi connectivity index (χ3n) is 4.01. The van der Waals surface area contributed by atoms with E-state index in [0.29, 0.717) is 17.4 Å². The summed E-state index contributed by atoms with van der Waals surface area (Å²) in [6.07, 6.45) is 5.04. The fourth-order valence-corrected chi connectivity index (χ4v) is 4.33. The monoisotopic (exact) mass is 275 g/mol. The van der Waals surface area contributed by atoms with Crippen LogP contribution >= 0.6 is 0 Å². The Bertz CT molecular complexity index is 362. The lowest BCUT2D eigenvalue weighted by molar-refractivity contribution is 0.147. The highest BCUT2D eigenvalue weighted by Gasteiger charge is 2.32. The van der Waals surface area contributed by atoms with Crippen LogP contribution in [0.4, 0.5) is 0 Å². The molecule has 4 heteroatoms. The van der Waals surface area contributed by atoms with Gasteiger partial charge in [-0.2, -0.15) is 0 Å². The Morgan fingerprint density at radius 3 is 2.50 bits per heavy atom. The molecule has 0 saturated heterocycles. The molecule has 0 heterocycles. The van der Waals surface area contributed by atoms with Gasteiger partial charge in [-0.3, -0.25) is 0 Å². The lowest BCUT2D eigenvalue weighted by atomic mass is 9.70. The molecule has 0 bridgehead atoms. The fourth-order valence-electron chi connectivity index (χ4n) is 3.18. The van der Waals surface area contributed by atoms with Crippen molar-refractivity contribution < 1.29 is 8.42 Å². The van der Waals surface area contributed by atoms with Gasteiger partial charge in [0.25, 0.3) is 0 Å². The molecule has 1 N–H and O–H groups in total. The maximum Gasteiger partial charge on any atom is 0.147 e. The van der Waals surface area contributed by atoms with Crippen molar-refractivity contribution in [3.05, 3.63) is 0 Å². The molecule has 0 spiro atoms. The van der Waals surface area contributed by atoms with E-state index in [9.17, 15) is 8.42 Å². The molecular formula is C14H29NO2S. The van der Waals surface area contributed by atoms with Crippen molar-refractivity contribution in [2.75, 3.05) is 18.6 Å². The summed E-state index contributed by atoms with van der Waals surface area (Å²) in [4.78, 5) is 0. The summed E-state index contributed by atoms with van der Waals surface area (Å²) in [6, 6.07) is 0.556. The van der Waals surface area contributed by atoms with E-state index in [1.165, 1.54) is 25.5 Å². The summed E-state index contributed by atoms with van der Waals surface area (Å²) in [6.45, 7) is 9.80. The van der Waals surface area contributed by atoms with Gasteiger partial charge in [-0.15, -0.1) is 0 Å². The number of sulfone groups is 1. The van der Waals surface area contributed by atoms with Gasteiger partial charge < -0.3 is 5.32 Å². The first-order valence-electron chi connectivity index (χ1n) is 7.00. The molecule has 0 radical (unpaired) electrons. The van der Waals surface area contributed by atoms with E-state index in [1.54, 1.807) is 0 Å².